The molecule has 2 unspecified atom stereocenters. The quantitative estimate of drug-likeness (QED) is 0.447. The van der Waals surface area contributed by atoms with Crippen LogP contribution in [-0.2, 0) is 0 Å². The highest BCUT2D eigenvalue weighted by Gasteiger charge is 2.22. The van der Waals surface area contributed by atoms with E-state index in [2.05, 4.69) is 13.8 Å². The molecule has 96 valence electrons. The molecule has 0 nitrogen and oxygen atoms in total. The summed E-state index contributed by atoms with van der Waals surface area (Å²) in [6.45, 7) is 4.69. The Morgan fingerprint density at radius 3 is 2.06 bits per heavy atom. The van der Waals surface area contributed by atoms with E-state index in [1.807, 2.05) is 0 Å². The predicted molar refractivity (Wildman–Crippen MR) is 73.7 cm³/mol. The summed E-state index contributed by atoms with van der Waals surface area (Å²) in [7, 11) is 0. The molecular weight excluding hydrogens is 192 g/mol. The Bertz CT molecular complexity index is 150. The highest BCUT2D eigenvalue weighted by atomic mass is 14.3. The van der Waals surface area contributed by atoms with Gasteiger partial charge in [0.25, 0.3) is 0 Å². The molecule has 0 aromatic carbocycles. The van der Waals surface area contributed by atoms with Gasteiger partial charge in [-0.2, -0.15) is 0 Å². The number of hydrogen-bond donors (Lipinski definition) is 0. The van der Waals surface area contributed by atoms with Crippen LogP contribution in [0.3, 0.4) is 0 Å². The summed E-state index contributed by atoms with van der Waals surface area (Å²) in [6, 6.07) is 0. The van der Waals surface area contributed by atoms with E-state index in [0.717, 1.165) is 11.8 Å². The van der Waals surface area contributed by atoms with Crippen molar-refractivity contribution in [3.8, 4) is 0 Å². The Morgan fingerprint density at radius 1 is 0.750 bits per heavy atom. The molecule has 0 heteroatoms. The van der Waals surface area contributed by atoms with Gasteiger partial charge < -0.3 is 0 Å². The molecule has 1 rings (SSSR count). The highest BCUT2D eigenvalue weighted by molar-refractivity contribution is 4.74. The van der Waals surface area contributed by atoms with Gasteiger partial charge in [-0.1, -0.05) is 90.9 Å². The molecule has 1 aliphatic carbocycles. The van der Waals surface area contributed by atoms with Gasteiger partial charge in [0.2, 0.25) is 0 Å². The smallest absolute Gasteiger partial charge is 0.0386 e. The number of hydrogen-bond acceptors (Lipinski definition) is 0. The summed E-state index contributed by atoms with van der Waals surface area (Å²) < 4.78 is 0. The first-order valence-corrected chi connectivity index (χ1v) is 7.88. The maximum Gasteiger partial charge on any atom is -0.0386 e. The molecule has 0 spiro atoms. The van der Waals surface area contributed by atoms with Crippen molar-refractivity contribution in [2.75, 3.05) is 0 Å². The van der Waals surface area contributed by atoms with Crippen LogP contribution >= 0.6 is 0 Å². The fraction of sp³-hybridized carbons (Fsp3) is 1.00. The minimum Gasteiger partial charge on any atom is -0.0654 e. The van der Waals surface area contributed by atoms with E-state index in [1.54, 1.807) is 0 Å². The van der Waals surface area contributed by atoms with E-state index in [0.29, 0.717) is 0 Å². The molecule has 0 aliphatic heterocycles. The molecular formula is C16H32. The van der Waals surface area contributed by atoms with Crippen molar-refractivity contribution < 1.29 is 0 Å². The van der Waals surface area contributed by atoms with Crippen LogP contribution in [0, 0.1) is 11.8 Å². The van der Waals surface area contributed by atoms with Gasteiger partial charge in [-0.3, -0.25) is 0 Å². The fourth-order valence-electron chi connectivity index (χ4n) is 3.39. The summed E-state index contributed by atoms with van der Waals surface area (Å²) in [5, 5.41) is 0. The molecule has 0 N–H and O–H groups in total. The molecule has 0 aromatic heterocycles. The molecule has 1 fully saturated rings. The second-order valence-corrected chi connectivity index (χ2v) is 5.77. The third-order valence-electron chi connectivity index (χ3n) is 4.52. The Kier molecular flexibility index (Phi) is 7.98. The first kappa shape index (κ1) is 14.1. The maximum absolute atomic E-state index is 2.39. The van der Waals surface area contributed by atoms with Gasteiger partial charge in [0.1, 0.15) is 0 Å². The summed E-state index contributed by atoms with van der Waals surface area (Å²) in [6.07, 6.45) is 17.8. The average Bonchev–Trinajstić information content (AvgIpc) is 2.34. The summed E-state index contributed by atoms with van der Waals surface area (Å²) in [5.41, 5.74) is 0. The maximum atomic E-state index is 2.39. The van der Waals surface area contributed by atoms with Gasteiger partial charge in [0, 0.05) is 0 Å². The monoisotopic (exact) mass is 224 g/mol. The predicted octanol–water partition coefficient (Wildman–Crippen LogP) is 5.95. The molecule has 16 heavy (non-hydrogen) atoms. The van der Waals surface area contributed by atoms with Crippen LogP contribution in [-0.4, -0.2) is 0 Å². The molecule has 0 bridgehead atoms. The van der Waals surface area contributed by atoms with Gasteiger partial charge in [-0.05, 0) is 11.8 Å². The standard InChI is InChI=1S/C16H32/c1-3-5-6-7-8-9-13-16-14-11-10-12-15(16)4-2/h15-16H,3-14H2,1-2H3. The Hall–Kier alpha value is 0. The molecule has 0 radical (unpaired) electrons. The Balaban J connectivity index is 2.02. The molecule has 0 aromatic rings. The van der Waals surface area contributed by atoms with E-state index >= 15 is 0 Å². The molecule has 1 aliphatic rings. The molecule has 1 saturated carbocycles. The van der Waals surface area contributed by atoms with E-state index in [4.69, 9.17) is 0 Å². The van der Waals surface area contributed by atoms with Crippen LogP contribution in [0.25, 0.3) is 0 Å². The van der Waals surface area contributed by atoms with Gasteiger partial charge in [0.05, 0.1) is 0 Å². The zero-order valence-corrected chi connectivity index (χ0v) is 11.6. The third kappa shape index (κ3) is 5.37. The molecule has 2 atom stereocenters. The summed E-state index contributed by atoms with van der Waals surface area (Å²) >= 11 is 0. The lowest BCUT2D eigenvalue weighted by Crippen LogP contribution is -2.18. The number of rotatable bonds is 8. The zero-order valence-electron chi connectivity index (χ0n) is 11.6. The number of unbranched alkanes of at least 4 members (excludes halogenated alkanes) is 5. The van der Waals surface area contributed by atoms with Crippen LogP contribution in [0.2, 0.25) is 0 Å². The third-order valence-corrected chi connectivity index (χ3v) is 4.52. The van der Waals surface area contributed by atoms with Crippen LogP contribution in [0.4, 0.5) is 0 Å². The van der Waals surface area contributed by atoms with Crippen molar-refractivity contribution in [2.24, 2.45) is 11.8 Å². The lowest BCUT2D eigenvalue weighted by atomic mass is 9.75. The second kappa shape index (κ2) is 9.07. The zero-order chi connectivity index (χ0) is 11.6. The minimum absolute atomic E-state index is 1.07. The summed E-state index contributed by atoms with van der Waals surface area (Å²) in [5.74, 6) is 2.16. The highest BCUT2D eigenvalue weighted by Crippen LogP contribution is 2.35. The van der Waals surface area contributed by atoms with Crippen molar-refractivity contribution >= 4 is 0 Å². The molecule has 0 amide bonds. The average molecular weight is 224 g/mol. The van der Waals surface area contributed by atoms with Gasteiger partial charge in [-0.15, -0.1) is 0 Å². The summed E-state index contributed by atoms with van der Waals surface area (Å²) in [4.78, 5) is 0. The van der Waals surface area contributed by atoms with Crippen LogP contribution in [0.1, 0.15) is 90.9 Å². The Morgan fingerprint density at radius 2 is 1.38 bits per heavy atom. The van der Waals surface area contributed by atoms with Crippen LogP contribution in [0.5, 0.6) is 0 Å². The minimum atomic E-state index is 1.07. The fourth-order valence-corrected chi connectivity index (χ4v) is 3.39. The van der Waals surface area contributed by atoms with E-state index in [1.165, 1.54) is 77.0 Å². The van der Waals surface area contributed by atoms with Crippen molar-refractivity contribution in [3.05, 3.63) is 0 Å². The van der Waals surface area contributed by atoms with Gasteiger partial charge >= 0.3 is 0 Å². The van der Waals surface area contributed by atoms with E-state index in [9.17, 15) is 0 Å². The van der Waals surface area contributed by atoms with Crippen LogP contribution in [0.15, 0.2) is 0 Å². The first-order valence-electron chi connectivity index (χ1n) is 7.88. The van der Waals surface area contributed by atoms with Crippen molar-refractivity contribution in [1.82, 2.24) is 0 Å². The topological polar surface area (TPSA) is 0 Å². The second-order valence-electron chi connectivity index (χ2n) is 5.77. The van der Waals surface area contributed by atoms with Gasteiger partial charge in [0.15, 0.2) is 0 Å². The van der Waals surface area contributed by atoms with Crippen molar-refractivity contribution in [3.63, 3.8) is 0 Å². The lowest BCUT2D eigenvalue weighted by molar-refractivity contribution is 0.212. The molecule has 0 saturated heterocycles. The Labute approximate surface area is 103 Å². The van der Waals surface area contributed by atoms with Crippen molar-refractivity contribution in [1.29, 1.82) is 0 Å². The lowest BCUT2D eigenvalue weighted by Gasteiger charge is -2.30. The first-order chi connectivity index (χ1) is 7.88. The molecule has 0 heterocycles. The van der Waals surface area contributed by atoms with Gasteiger partial charge in [-0.25, -0.2) is 0 Å². The van der Waals surface area contributed by atoms with Crippen molar-refractivity contribution in [2.45, 2.75) is 90.9 Å². The normalized spacial score (nSPS) is 25.9. The van der Waals surface area contributed by atoms with Crippen LogP contribution < -0.4 is 0 Å². The van der Waals surface area contributed by atoms with E-state index in [-0.39, 0.29) is 0 Å². The SMILES string of the molecule is CCCCCCCCC1CCCCC1CC. The largest absolute Gasteiger partial charge is 0.0654 e. The van der Waals surface area contributed by atoms with E-state index < -0.39 is 0 Å².